The number of benzene rings is 1. The minimum Gasteiger partial charge on any atom is -0.309 e. The zero-order valence-corrected chi connectivity index (χ0v) is 21.1. The molecule has 0 atom stereocenters. The van der Waals surface area contributed by atoms with Crippen LogP contribution in [0.3, 0.4) is 0 Å². The first-order chi connectivity index (χ1) is 16.1. The Morgan fingerprint density at radius 2 is 1.55 bits per heavy atom. The van der Waals surface area contributed by atoms with E-state index in [0.717, 1.165) is 57.0 Å². The fourth-order valence-corrected chi connectivity index (χ4v) is 4.02. The van der Waals surface area contributed by atoms with E-state index in [9.17, 15) is 4.79 Å². The van der Waals surface area contributed by atoms with E-state index in [-0.39, 0.29) is 5.91 Å². The number of carbonyl (C=O) groups is 1. The molecule has 1 aromatic carbocycles. The summed E-state index contributed by atoms with van der Waals surface area (Å²) in [6, 6.07) is 8.30. The summed E-state index contributed by atoms with van der Waals surface area (Å²) in [5.74, 6) is 0.225. The molecule has 0 saturated carbocycles. The highest BCUT2D eigenvalue weighted by molar-refractivity contribution is 5.94. The zero-order chi connectivity index (χ0) is 23.7. The quantitative estimate of drug-likeness (QED) is 0.192. The molecule has 180 valence electrons. The molecule has 1 aromatic heterocycles. The summed E-state index contributed by atoms with van der Waals surface area (Å²) in [6.45, 7) is 3.15. The number of hydrogen-bond donors (Lipinski definition) is 0. The number of allylic oxidation sites excluding steroid dienone is 6. The van der Waals surface area contributed by atoms with Gasteiger partial charge >= 0.3 is 0 Å². The summed E-state index contributed by atoms with van der Waals surface area (Å²) >= 11 is 0. The number of rotatable bonds is 16. The van der Waals surface area contributed by atoms with E-state index in [1.54, 1.807) is 0 Å². The second kappa shape index (κ2) is 16.3. The van der Waals surface area contributed by atoms with Crippen molar-refractivity contribution in [1.29, 1.82) is 0 Å². The second-order valence-electron chi connectivity index (χ2n) is 9.09. The van der Waals surface area contributed by atoms with Crippen LogP contribution in [0.1, 0.15) is 81.5 Å². The highest BCUT2D eigenvalue weighted by Gasteiger charge is 2.13. The molecular formula is C30H44N2O. The first kappa shape index (κ1) is 26.9. The fourth-order valence-electron chi connectivity index (χ4n) is 4.02. The van der Waals surface area contributed by atoms with Gasteiger partial charge in [-0.2, -0.15) is 0 Å². The maximum absolute atomic E-state index is 12.9. The van der Waals surface area contributed by atoms with Crippen molar-refractivity contribution in [2.45, 2.75) is 77.6 Å². The van der Waals surface area contributed by atoms with E-state index < -0.39 is 0 Å². The molecule has 1 heterocycles. The highest BCUT2D eigenvalue weighted by Crippen LogP contribution is 2.23. The second-order valence-corrected chi connectivity index (χ2v) is 9.09. The predicted molar refractivity (Wildman–Crippen MR) is 144 cm³/mol. The molecule has 0 saturated heterocycles. The Morgan fingerprint density at radius 1 is 0.879 bits per heavy atom. The van der Waals surface area contributed by atoms with E-state index in [1.807, 2.05) is 10.6 Å². The lowest BCUT2D eigenvalue weighted by Gasteiger charge is -2.07. The molecule has 0 bridgehead atoms. The molecule has 2 rings (SSSR count). The normalized spacial score (nSPS) is 12.4. The van der Waals surface area contributed by atoms with Crippen LogP contribution in [0.15, 0.2) is 66.9 Å². The molecule has 2 aromatic rings. The molecule has 0 aliphatic rings. The Balaban J connectivity index is 1.62. The SMILES string of the molecule is CC/C=C\C/C=C\C/C=C\CCCCCCCC(=O)n1cc(CCN(C)C)c2ccccc21. The maximum Gasteiger partial charge on any atom is 0.231 e. The van der Waals surface area contributed by atoms with Gasteiger partial charge in [0, 0.05) is 24.5 Å². The van der Waals surface area contributed by atoms with Gasteiger partial charge in [-0.1, -0.05) is 80.8 Å². The molecule has 0 aliphatic heterocycles. The average molecular weight is 449 g/mol. The Morgan fingerprint density at radius 3 is 2.30 bits per heavy atom. The van der Waals surface area contributed by atoms with Gasteiger partial charge in [-0.05, 0) is 70.7 Å². The minimum absolute atomic E-state index is 0.225. The lowest BCUT2D eigenvalue weighted by Crippen LogP contribution is -2.15. The predicted octanol–water partition coefficient (Wildman–Crippen LogP) is 7.98. The van der Waals surface area contributed by atoms with Crippen molar-refractivity contribution in [2.75, 3.05) is 20.6 Å². The van der Waals surface area contributed by atoms with Gasteiger partial charge in [0.1, 0.15) is 0 Å². The van der Waals surface area contributed by atoms with Crippen LogP contribution in [-0.4, -0.2) is 36.0 Å². The molecule has 0 spiro atoms. The molecule has 0 N–H and O–H groups in total. The van der Waals surface area contributed by atoms with E-state index in [0.29, 0.717) is 6.42 Å². The minimum atomic E-state index is 0.225. The van der Waals surface area contributed by atoms with Crippen LogP contribution in [-0.2, 0) is 6.42 Å². The molecule has 33 heavy (non-hydrogen) atoms. The van der Waals surface area contributed by atoms with Gasteiger partial charge in [-0.3, -0.25) is 9.36 Å². The number of unbranched alkanes of at least 4 members (excludes halogenated alkanes) is 5. The van der Waals surface area contributed by atoms with Crippen molar-refractivity contribution in [1.82, 2.24) is 9.47 Å². The lowest BCUT2D eigenvalue weighted by molar-refractivity contribution is 0.0904. The molecular weight excluding hydrogens is 404 g/mol. The van der Waals surface area contributed by atoms with Crippen LogP contribution < -0.4 is 0 Å². The number of hydrogen-bond acceptors (Lipinski definition) is 2. The first-order valence-electron chi connectivity index (χ1n) is 12.8. The summed E-state index contributed by atoms with van der Waals surface area (Å²) in [5, 5.41) is 1.21. The Hall–Kier alpha value is -2.39. The van der Waals surface area contributed by atoms with Crippen molar-refractivity contribution < 1.29 is 4.79 Å². The average Bonchev–Trinajstić information content (AvgIpc) is 3.19. The summed E-state index contributed by atoms with van der Waals surface area (Å²) < 4.78 is 1.89. The molecule has 0 radical (unpaired) electrons. The van der Waals surface area contributed by atoms with Crippen molar-refractivity contribution >= 4 is 16.8 Å². The summed E-state index contributed by atoms with van der Waals surface area (Å²) in [6.07, 6.45) is 27.3. The van der Waals surface area contributed by atoms with Crippen LogP contribution in [0.4, 0.5) is 0 Å². The third-order valence-electron chi connectivity index (χ3n) is 5.93. The Bertz CT molecular complexity index is 901. The number of aromatic nitrogens is 1. The van der Waals surface area contributed by atoms with Gasteiger partial charge in [-0.15, -0.1) is 0 Å². The number of carbonyl (C=O) groups excluding carboxylic acids is 1. The van der Waals surface area contributed by atoms with Crippen molar-refractivity contribution in [3.63, 3.8) is 0 Å². The monoisotopic (exact) mass is 448 g/mol. The standard InChI is InChI=1S/C30H44N2O/c1-4-5-6-7-8-9-10-11-12-13-14-15-16-17-18-23-30(33)32-26-27(24-25-31(2)3)28-21-19-20-22-29(28)32/h5-6,8-9,11-12,19-22,26H,4,7,10,13-18,23-25H2,1-3H3/b6-5-,9-8-,12-11-. The molecule has 0 amide bonds. The van der Waals surface area contributed by atoms with Gasteiger partial charge in [-0.25, -0.2) is 0 Å². The van der Waals surface area contributed by atoms with E-state index in [1.165, 1.54) is 30.2 Å². The summed E-state index contributed by atoms with van der Waals surface area (Å²) in [4.78, 5) is 15.1. The van der Waals surface area contributed by atoms with Crippen molar-refractivity contribution in [3.8, 4) is 0 Å². The van der Waals surface area contributed by atoms with Crippen molar-refractivity contribution in [2.24, 2.45) is 0 Å². The number of para-hydroxylation sites is 1. The molecule has 3 nitrogen and oxygen atoms in total. The molecule has 0 aliphatic carbocycles. The van der Waals surface area contributed by atoms with Crippen molar-refractivity contribution in [3.05, 3.63) is 72.5 Å². The van der Waals surface area contributed by atoms with E-state index in [4.69, 9.17) is 0 Å². The molecule has 0 fully saturated rings. The first-order valence-corrected chi connectivity index (χ1v) is 12.8. The highest BCUT2D eigenvalue weighted by atomic mass is 16.2. The van der Waals surface area contributed by atoms with Gasteiger partial charge < -0.3 is 4.90 Å². The third-order valence-corrected chi connectivity index (χ3v) is 5.93. The molecule has 3 heteroatoms. The van der Waals surface area contributed by atoms with Crippen LogP contribution in [0.25, 0.3) is 10.9 Å². The van der Waals surface area contributed by atoms with Gasteiger partial charge in [0.25, 0.3) is 0 Å². The number of nitrogens with zero attached hydrogens (tertiary/aromatic N) is 2. The van der Waals surface area contributed by atoms with Crippen LogP contribution in [0.5, 0.6) is 0 Å². The van der Waals surface area contributed by atoms with Gasteiger partial charge in [0.15, 0.2) is 0 Å². The van der Waals surface area contributed by atoms with Gasteiger partial charge in [0.2, 0.25) is 5.91 Å². The van der Waals surface area contributed by atoms with Crippen LogP contribution in [0, 0.1) is 0 Å². The third kappa shape index (κ3) is 10.4. The van der Waals surface area contributed by atoms with Gasteiger partial charge in [0.05, 0.1) is 5.52 Å². The Kier molecular flexibility index (Phi) is 13.2. The lowest BCUT2D eigenvalue weighted by atomic mass is 10.1. The Labute approximate surface area is 201 Å². The largest absolute Gasteiger partial charge is 0.309 e. The summed E-state index contributed by atoms with van der Waals surface area (Å²) in [7, 11) is 4.18. The number of fused-ring (bicyclic) bond motifs is 1. The maximum atomic E-state index is 12.9. The van der Waals surface area contributed by atoms with Crippen LogP contribution in [0.2, 0.25) is 0 Å². The van der Waals surface area contributed by atoms with E-state index in [2.05, 4.69) is 86.8 Å². The zero-order valence-electron chi connectivity index (χ0n) is 21.1. The smallest absolute Gasteiger partial charge is 0.231 e. The summed E-state index contributed by atoms with van der Waals surface area (Å²) in [5.41, 5.74) is 2.32. The van der Waals surface area contributed by atoms with E-state index >= 15 is 0 Å². The number of likely N-dealkylation sites (N-methyl/N-ethyl adjacent to an activating group) is 1. The fraction of sp³-hybridized carbons (Fsp3) is 0.500. The molecule has 0 unspecified atom stereocenters. The topological polar surface area (TPSA) is 25.2 Å². The van der Waals surface area contributed by atoms with Crippen LogP contribution >= 0.6 is 0 Å².